The Hall–Kier alpha value is -3.41. The van der Waals surface area contributed by atoms with Crippen molar-refractivity contribution in [1.82, 2.24) is 4.57 Å². The van der Waals surface area contributed by atoms with E-state index in [1.165, 1.54) is 34.9 Å². The number of hydrogen-bond acceptors (Lipinski definition) is 4. The Balaban J connectivity index is 2.01. The van der Waals surface area contributed by atoms with Gasteiger partial charge in [-0.05, 0) is 67.4 Å². The number of nitrogen functional groups attached to an aromatic ring is 1. The number of aryl methyl sites for hydroxylation is 1. The Morgan fingerprint density at radius 3 is 2.50 bits per heavy atom. The molecule has 5 nitrogen and oxygen atoms in total. The van der Waals surface area contributed by atoms with Gasteiger partial charge in [0.15, 0.2) is 5.78 Å². The van der Waals surface area contributed by atoms with Gasteiger partial charge in [-0.3, -0.25) is 14.2 Å². The predicted molar refractivity (Wildman–Crippen MR) is 106 cm³/mol. The number of ether oxygens (including phenoxy) is 1. The van der Waals surface area contributed by atoms with Crippen LogP contribution in [0.15, 0.2) is 59.4 Å². The number of hydrogen-bond donors (Lipinski definition) is 1. The summed E-state index contributed by atoms with van der Waals surface area (Å²) >= 11 is 0. The second-order valence-electron chi connectivity index (χ2n) is 6.31. The maximum Gasteiger partial charge on any atom is 0.256 e. The number of halogens is 1. The maximum absolute atomic E-state index is 13.5. The largest absolute Gasteiger partial charge is 0.493 e. The summed E-state index contributed by atoms with van der Waals surface area (Å²) in [6.07, 6.45) is 1.88. The van der Waals surface area contributed by atoms with Crippen LogP contribution in [0.25, 0.3) is 5.69 Å². The minimum atomic E-state index is -0.391. The Morgan fingerprint density at radius 1 is 1.14 bits per heavy atom. The van der Waals surface area contributed by atoms with Crippen LogP contribution in [-0.2, 0) is 0 Å². The molecule has 1 aromatic heterocycles. The van der Waals surface area contributed by atoms with Gasteiger partial charge in [-0.15, -0.1) is 0 Å². The second-order valence-corrected chi connectivity index (χ2v) is 6.31. The van der Waals surface area contributed by atoms with Crippen molar-refractivity contribution in [2.24, 2.45) is 0 Å². The number of aromatic nitrogens is 1. The Bertz CT molecular complexity index is 1070. The van der Waals surface area contributed by atoms with Crippen molar-refractivity contribution in [2.75, 3.05) is 12.3 Å². The average molecular weight is 379 g/mol. The van der Waals surface area contributed by atoms with Gasteiger partial charge in [0.1, 0.15) is 17.4 Å². The summed E-state index contributed by atoms with van der Waals surface area (Å²) in [6.45, 7) is 3.94. The minimum Gasteiger partial charge on any atom is -0.493 e. The van der Waals surface area contributed by atoms with E-state index in [1.54, 1.807) is 31.2 Å². The lowest BCUT2D eigenvalue weighted by molar-refractivity contribution is 0.103. The molecule has 0 amide bonds. The normalized spacial score (nSPS) is 10.7. The number of nitrogens with zero attached hydrogens (tertiary/aromatic N) is 1. The van der Waals surface area contributed by atoms with Crippen LogP contribution in [0.4, 0.5) is 10.2 Å². The van der Waals surface area contributed by atoms with Gasteiger partial charge in [0.2, 0.25) is 0 Å². The number of pyridine rings is 1. The first-order chi connectivity index (χ1) is 13.4. The standard InChI is InChI=1S/C22H20FN2O3/c1-3-12-28-17-7-5-16(6-8-17)25-20(26)11-9-18(22(25)24)21(27)15-4-10-19(23)14(2)13-15/h3-11,13H,12,24H2,1-2H3. The van der Waals surface area contributed by atoms with Crippen LogP contribution in [0.1, 0.15) is 28.4 Å². The number of carbonyl (C=O) groups is 1. The molecule has 3 aromatic rings. The topological polar surface area (TPSA) is 74.3 Å². The van der Waals surface area contributed by atoms with E-state index in [9.17, 15) is 14.0 Å². The quantitative estimate of drug-likeness (QED) is 0.663. The summed E-state index contributed by atoms with van der Waals surface area (Å²) in [6, 6.07) is 13.6. The van der Waals surface area contributed by atoms with Gasteiger partial charge in [0.05, 0.1) is 17.9 Å². The summed E-state index contributed by atoms with van der Waals surface area (Å²) in [7, 11) is 0. The van der Waals surface area contributed by atoms with Gasteiger partial charge in [-0.2, -0.15) is 0 Å². The van der Waals surface area contributed by atoms with Crippen molar-refractivity contribution < 1.29 is 13.9 Å². The summed E-state index contributed by atoms with van der Waals surface area (Å²) in [5, 5.41) is 0. The third kappa shape index (κ3) is 3.81. The smallest absolute Gasteiger partial charge is 0.256 e. The summed E-state index contributed by atoms with van der Waals surface area (Å²) in [4.78, 5) is 25.2. The number of nitrogens with two attached hydrogens (primary N) is 1. The molecule has 0 aliphatic rings. The molecule has 2 N–H and O–H groups in total. The fourth-order valence-corrected chi connectivity index (χ4v) is 2.82. The Kier molecular flexibility index (Phi) is 5.59. The lowest BCUT2D eigenvalue weighted by Crippen LogP contribution is -2.23. The van der Waals surface area contributed by atoms with E-state index in [0.717, 1.165) is 0 Å². The highest BCUT2D eigenvalue weighted by Crippen LogP contribution is 2.21. The molecule has 0 unspecified atom stereocenters. The van der Waals surface area contributed by atoms with Crippen LogP contribution >= 0.6 is 0 Å². The molecule has 2 aromatic carbocycles. The fraction of sp³-hybridized carbons (Fsp3) is 0.136. The first kappa shape index (κ1) is 19.4. The van der Waals surface area contributed by atoms with Gasteiger partial charge >= 0.3 is 0 Å². The molecule has 28 heavy (non-hydrogen) atoms. The third-order valence-electron chi connectivity index (χ3n) is 4.31. The fourth-order valence-electron chi connectivity index (χ4n) is 2.82. The van der Waals surface area contributed by atoms with Crippen LogP contribution in [-0.4, -0.2) is 17.0 Å². The summed E-state index contributed by atoms with van der Waals surface area (Å²) in [5.41, 5.74) is 7.16. The minimum absolute atomic E-state index is 0.0232. The van der Waals surface area contributed by atoms with Crippen molar-refractivity contribution >= 4 is 11.6 Å². The second kappa shape index (κ2) is 8.08. The van der Waals surface area contributed by atoms with Gasteiger partial charge < -0.3 is 10.5 Å². The zero-order valence-electron chi connectivity index (χ0n) is 15.6. The van der Waals surface area contributed by atoms with Crippen molar-refractivity contribution in [3.05, 3.63) is 93.9 Å². The molecule has 0 saturated carbocycles. The molecule has 0 spiro atoms. The molecule has 6 heteroatoms. The highest BCUT2D eigenvalue weighted by atomic mass is 19.1. The van der Waals surface area contributed by atoms with E-state index in [-0.39, 0.29) is 22.7 Å². The van der Waals surface area contributed by atoms with Crippen LogP contribution in [0.2, 0.25) is 0 Å². The zero-order chi connectivity index (χ0) is 20.3. The SMILES string of the molecule is C[CH]COc1ccc(-n2c(N)c(C(=O)c3ccc(F)c(C)c3)ccc2=O)cc1. The molecule has 0 atom stereocenters. The molecule has 0 saturated heterocycles. The molecule has 1 heterocycles. The average Bonchev–Trinajstić information content (AvgIpc) is 2.69. The first-order valence-electron chi connectivity index (χ1n) is 8.76. The third-order valence-corrected chi connectivity index (χ3v) is 4.31. The van der Waals surface area contributed by atoms with E-state index in [4.69, 9.17) is 10.5 Å². The molecule has 0 fully saturated rings. The molecule has 0 aliphatic heterocycles. The highest BCUT2D eigenvalue weighted by molar-refractivity contribution is 6.11. The van der Waals surface area contributed by atoms with E-state index < -0.39 is 5.82 Å². The Labute approximate surface area is 162 Å². The van der Waals surface area contributed by atoms with E-state index in [2.05, 4.69) is 0 Å². The van der Waals surface area contributed by atoms with E-state index >= 15 is 0 Å². The molecular formula is C22H20FN2O3. The molecule has 143 valence electrons. The van der Waals surface area contributed by atoms with Crippen molar-refractivity contribution in [1.29, 1.82) is 0 Å². The monoisotopic (exact) mass is 379 g/mol. The Morgan fingerprint density at radius 2 is 1.86 bits per heavy atom. The number of benzene rings is 2. The van der Waals surface area contributed by atoms with Gasteiger partial charge in [0.25, 0.3) is 5.56 Å². The van der Waals surface area contributed by atoms with Gasteiger partial charge in [0, 0.05) is 11.6 Å². The van der Waals surface area contributed by atoms with E-state index in [1.807, 2.05) is 13.3 Å². The lowest BCUT2D eigenvalue weighted by atomic mass is 10.0. The maximum atomic E-state index is 13.5. The lowest BCUT2D eigenvalue weighted by Gasteiger charge is -2.14. The molecule has 0 bridgehead atoms. The van der Waals surface area contributed by atoms with Crippen LogP contribution in [0.3, 0.4) is 0 Å². The number of carbonyl (C=O) groups excluding carboxylic acids is 1. The van der Waals surface area contributed by atoms with Crippen LogP contribution < -0.4 is 16.0 Å². The molecule has 0 aliphatic carbocycles. The molecular weight excluding hydrogens is 359 g/mol. The van der Waals surface area contributed by atoms with Crippen molar-refractivity contribution in [3.63, 3.8) is 0 Å². The number of anilines is 1. The van der Waals surface area contributed by atoms with Crippen LogP contribution in [0, 0.1) is 19.2 Å². The first-order valence-corrected chi connectivity index (χ1v) is 8.76. The van der Waals surface area contributed by atoms with Gasteiger partial charge in [-0.25, -0.2) is 4.39 Å². The van der Waals surface area contributed by atoms with Crippen molar-refractivity contribution in [3.8, 4) is 11.4 Å². The number of ketones is 1. The zero-order valence-corrected chi connectivity index (χ0v) is 15.6. The molecule has 3 rings (SSSR count). The highest BCUT2D eigenvalue weighted by Gasteiger charge is 2.17. The van der Waals surface area contributed by atoms with Gasteiger partial charge in [-0.1, -0.05) is 6.92 Å². The number of rotatable bonds is 6. The summed E-state index contributed by atoms with van der Waals surface area (Å²) < 4.78 is 20.3. The molecule has 1 radical (unpaired) electrons. The summed E-state index contributed by atoms with van der Waals surface area (Å²) in [5.74, 6) is -0.0946. The van der Waals surface area contributed by atoms with Crippen LogP contribution in [0.5, 0.6) is 5.75 Å². The van der Waals surface area contributed by atoms with Crippen molar-refractivity contribution in [2.45, 2.75) is 13.8 Å². The van der Waals surface area contributed by atoms with E-state index in [0.29, 0.717) is 29.2 Å². The predicted octanol–water partition coefficient (Wildman–Crippen LogP) is 3.70.